The van der Waals surface area contributed by atoms with E-state index in [4.69, 9.17) is 9.47 Å². The van der Waals surface area contributed by atoms with E-state index in [1.165, 1.54) is 17.0 Å². The first-order valence-electron chi connectivity index (χ1n) is 12.2. The molecule has 0 saturated carbocycles. The van der Waals surface area contributed by atoms with Crippen LogP contribution in [-0.2, 0) is 27.3 Å². The van der Waals surface area contributed by atoms with Gasteiger partial charge in [0.25, 0.3) is 5.91 Å². The van der Waals surface area contributed by atoms with Crippen molar-refractivity contribution >= 4 is 11.8 Å². The van der Waals surface area contributed by atoms with Gasteiger partial charge in [-0.2, -0.15) is 0 Å². The number of halogens is 1. The van der Waals surface area contributed by atoms with Crippen LogP contribution in [-0.4, -0.2) is 49.1 Å². The van der Waals surface area contributed by atoms with E-state index in [-0.39, 0.29) is 30.8 Å². The van der Waals surface area contributed by atoms with Gasteiger partial charge in [-0.3, -0.25) is 9.59 Å². The van der Waals surface area contributed by atoms with Crippen molar-refractivity contribution in [2.45, 2.75) is 32.4 Å². The Labute approximate surface area is 212 Å². The van der Waals surface area contributed by atoms with Gasteiger partial charge in [0, 0.05) is 32.7 Å². The molecule has 0 aliphatic carbocycles. The number of hydrogen-bond acceptors (Lipinski definition) is 4. The van der Waals surface area contributed by atoms with Crippen molar-refractivity contribution in [3.05, 3.63) is 102 Å². The van der Waals surface area contributed by atoms with Crippen LogP contribution >= 0.6 is 0 Å². The maximum Gasteiger partial charge on any atom is 0.261 e. The summed E-state index contributed by atoms with van der Waals surface area (Å²) in [5, 5.41) is 2.95. The zero-order chi connectivity index (χ0) is 25.6. The maximum absolute atomic E-state index is 13.5. The number of rotatable bonds is 14. The molecule has 3 rings (SSSR count). The Bertz CT molecular complexity index is 1060. The van der Waals surface area contributed by atoms with Crippen molar-refractivity contribution in [3.8, 4) is 5.75 Å². The standard InChI is InChI=1S/C29H33FN2O4/c1-2-35-19-9-18-31-29(34)27(20-23-10-5-3-6-11-23)32(21-24-14-16-25(30)17-15-24)28(33)22-36-26-12-7-4-8-13-26/h3-8,10-17,27H,2,9,18-22H2,1H3,(H,31,34)/t27-/m1/s1. The van der Waals surface area contributed by atoms with E-state index >= 15 is 0 Å². The van der Waals surface area contributed by atoms with Crippen LogP contribution in [0.5, 0.6) is 5.75 Å². The van der Waals surface area contributed by atoms with Crippen molar-refractivity contribution < 1.29 is 23.5 Å². The molecular formula is C29H33FN2O4. The summed E-state index contributed by atoms with van der Waals surface area (Å²) < 4.78 is 24.6. The van der Waals surface area contributed by atoms with Gasteiger partial charge in [-0.25, -0.2) is 4.39 Å². The molecule has 6 nitrogen and oxygen atoms in total. The van der Waals surface area contributed by atoms with Crippen LogP contribution < -0.4 is 10.1 Å². The molecule has 0 heterocycles. The molecule has 0 aromatic heterocycles. The summed E-state index contributed by atoms with van der Waals surface area (Å²) in [6.07, 6.45) is 0.997. The minimum Gasteiger partial charge on any atom is -0.484 e. The predicted molar refractivity (Wildman–Crippen MR) is 137 cm³/mol. The molecule has 1 atom stereocenters. The van der Waals surface area contributed by atoms with Crippen LogP contribution in [0.25, 0.3) is 0 Å². The number of carbonyl (C=O) groups excluding carboxylic acids is 2. The Balaban J connectivity index is 1.83. The Morgan fingerprint density at radius 1 is 0.917 bits per heavy atom. The summed E-state index contributed by atoms with van der Waals surface area (Å²) >= 11 is 0. The monoisotopic (exact) mass is 492 g/mol. The highest BCUT2D eigenvalue weighted by molar-refractivity contribution is 5.88. The van der Waals surface area contributed by atoms with E-state index in [2.05, 4.69) is 5.32 Å². The lowest BCUT2D eigenvalue weighted by Crippen LogP contribution is -2.52. The quantitative estimate of drug-likeness (QED) is 0.339. The lowest BCUT2D eigenvalue weighted by Gasteiger charge is -2.31. The highest BCUT2D eigenvalue weighted by Crippen LogP contribution is 2.16. The average molecular weight is 493 g/mol. The normalized spacial score (nSPS) is 11.5. The summed E-state index contributed by atoms with van der Waals surface area (Å²) in [6, 6.07) is 23.7. The average Bonchev–Trinajstić information content (AvgIpc) is 2.91. The van der Waals surface area contributed by atoms with Gasteiger partial charge in [0.05, 0.1) is 0 Å². The van der Waals surface area contributed by atoms with Crippen LogP contribution in [0.2, 0.25) is 0 Å². The fourth-order valence-corrected chi connectivity index (χ4v) is 3.73. The molecule has 2 amide bonds. The van der Waals surface area contributed by atoms with E-state index < -0.39 is 6.04 Å². The zero-order valence-electron chi connectivity index (χ0n) is 20.6. The summed E-state index contributed by atoms with van der Waals surface area (Å²) in [5.74, 6) is -0.399. The molecule has 0 aliphatic heterocycles. The van der Waals surface area contributed by atoms with Crippen LogP contribution in [0.15, 0.2) is 84.9 Å². The van der Waals surface area contributed by atoms with Crippen LogP contribution in [0.1, 0.15) is 24.5 Å². The Morgan fingerprint density at radius 2 is 1.58 bits per heavy atom. The zero-order valence-corrected chi connectivity index (χ0v) is 20.6. The third-order valence-corrected chi connectivity index (χ3v) is 5.61. The van der Waals surface area contributed by atoms with Gasteiger partial charge >= 0.3 is 0 Å². The lowest BCUT2D eigenvalue weighted by molar-refractivity contribution is -0.142. The van der Waals surface area contributed by atoms with Crippen molar-refractivity contribution in [1.82, 2.24) is 10.2 Å². The molecule has 0 unspecified atom stereocenters. The van der Waals surface area contributed by atoms with Crippen molar-refractivity contribution in [1.29, 1.82) is 0 Å². The number of nitrogens with one attached hydrogen (secondary N) is 1. The largest absolute Gasteiger partial charge is 0.484 e. The highest BCUT2D eigenvalue weighted by atomic mass is 19.1. The molecule has 0 saturated heterocycles. The second-order valence-corrected chi connectivity index (χ2v) is 8.30. The number of amides is 2. The number of benzene rings is 3. The minimum atomic E-state index is -0.781. The highest BCUT2D eigenvalue weighted by Gasteiger charge is 2.30. The van der Waals surface area contributed by atoms with Gasteiger partial charge < -0.3 is 19.7 Å². The molecule has 190 valence electrons. The molecule has 3 aromatic carbocycles. The number of para-hydroxylation sites is 1. The summed E-state index contributed by atoms with van der Waals surface area (Å²) in [6.45, 7) is 3.43. The second kappa shape index (κ2) is 14.6. The summed E-state index contributed by atoms with van der Waals surface area (Å²) in [7, 11) is 0. The van der Waals surface area contributed by atoms with Gasteiger partial charge in [-0.15, -0.1) is 0 Å². The van der Waals surface area contributed by atoms with Crippen molar-refractivity contribution in [2.75, 3.05) is 26.4 Å². The molecular weight excluding hydrogens is 459 g/mol. The molecule has 3 aromatic rings. The van der Waals surface area contributed by atoms with Gasteiger partial charge in [0.15, 0.2) is 6.61 Å². The number of carbonyl (C=O) groups is 2. The minimum absolute atomic E-state index is 0.140. The molecule has 0 spiro atoms. The molecule has 0 radical (unpaired) electrons. The second-order valence-electron chi connectivity index (χ2n) is 8.30. The fraction of sp³-hybridized carbons (Fsp3) is 0.310. The van der Waals surface area contributed by atoms with E-state index in [0.29, 0.717) is 43.9 Å². The van der Waals surface area contributed by atoms with Gasteiger partial charge in [-0.05, 0) is 48.7 Å². The van der Waals surface area contributed by atoms with E-state index in [1.807, 2.05) is 55.5 Å². The molecule has 1 N–H and O–H groups in total. The Kier molecular flexibility index (Phi) is 10.9. The third kappa shape index (κ3) is 8.82. The fourth-order valence-electron chi connectivity index (χ4n) is 3.73. The number of ether oxygens (including phenoxy) is 2. The van der Waals surface area contributed by atoms with Gasteiger partial charge in [0.2, 0.25) is 5.91 Å². The first kappa shape index (κ1) is 26.9. The number of nitrogens with zero attached hydrogens (tertiary/aromatic N) is 1. The predicted octanol–water partition coefficient (Wildman–Crippen LogP) is 4.39. The molecule has 0 fully saturated rings. The van der Waals surface area contributed by atoms with E-state index in [1.54, 1.807) is 24.3 Å². The van der Waals surface area contributed by atoms with Gasteiger partial charge in [-0.1, -0.05) is 60.7 Å². The Morgan fingerprint density at radius 3 is 2.25 bits per heavy atom. The number of hydrogen-bond donors (Lipinski definition) is 1. The van der Waals surface area contributed by atoms with Gasteiger partial charge in [0.1, 0.15) is 17.6 Å². The van der Waals surface area contributed by atoms with Crippen molar-refractivity contribution in [3.63, 3.8) is 0 Å². The maximum atomic E-state index is 13.5. The van der Waals surface area contributed by atoms with Crippen LogP contribution in [0.3, 0.4) is 0 Å². The van der Waals surface area contributed by atoms with Crippen LogP contribution in [0.4, 0.5) is 4.39 Å². The van der Waals surface area contributed by atoms with Crippen LogP contribution in [0, 0.1) is 5.82 Å². The third-order valence-electron chi connectivity index (χ3n) is 5.61. The topological polar surface area (TPSA) is 67.9 Å². The first-order chi connectivity index (χ1) is 17.6. The summed E-state index contributed by atoms with van der Waals surface area (Å²) in [4.78, 5) is 28.4. The molecule has 7 heteroatoms. The smallest absolute Gasteiger partial charge is 0.261 e. The Hall–Kier alpha value is -3.71. The first-order valence-corrected chi connectivity index (χ1v) is 12.2. The SMILES string of the molecule is CCOCCCNC(=O)[C@@H](Cc1ccccc1)N(Cc1ccc(F)cc1)C(=O)COc1ccccc1. The lowest BCUT2D eigenvalue weighted by atomic mass is 10.0. The molecule has 0 bridgehead atoms. The molecule has 0 aliphatic rings. The summed E-state index contributed by atoms with van der Waals surface area (Å²) in [5.41, 5.74) is 1.64. The van der Waals surface area contributed by atoms with Crippen molar-refractivity contribution in [2.24, 2.45) is 0 Å². The van der Waals surface area contributed by atoms with E-state index in [0.717, 1.165) is 5.56 Å². The molecule has 36 heavy (non-hydrogen) atoms. The van der Waals surface area contributed by atoms with E-state index in [9.17, 15) is 14.0 Å².